The van der Waals surface area contributed by atoms with Gasteiger partial charge in [-0.05, 0) is 53.6 Å². The molecule has 0 saturated heterocycles. The highest BCUT2D eigenvalue weighted by molar-refractivity contribution is 7.92. The van der Waals surface area contributed by atoms with Gasteiger partial charge in [0.2, 0.25) is 20.0 Å². The van der Waals surface area contributed by atoms with Crippen LogP contribution in [0.15, 0.2) is 42.5 Å². The molecular formula is C20H27N3O4S2. The van der Waals surface area contributed by atoms with Gasteiger partial charge in [-0.25, -0.2) is 22.0 Å². The fourth-order valence-electron chi connectivity index (χ4n) is 3.61. The third kappa shape index (κ3) is 7.11. The minimum atomic E-state index is -3.52. The largest absolute Gasteiger partial charge is 0.302 e. The number of hydrogen-bond donors (Lipinski definition) is 2. The van der Waals surface area contributed by atoms with E-state index in [1.165, 1.54) is 11.1 Å². The van der Waals surface area contributed by atoms with Crippen molar-refractivity contribution >= 4 is 25.7 Å². The molecule has 0 spiro atoms. The van der Waals surface area contributed by atoms with Crippen molar-refractivity contribution in [3.63, 3.8) is 0 Å². The van der Waals surface area contributed by atoms with Crippen LogP contribution in [0.5, 0.6) is 0 Å². The van der Waals surface area contributed by atoms with Crippen LogP contribution in [-0.4, -0.2) is 47.6 Å². The van der Waals surface area contributed by atoms with E-state index in [1.54, 1.807) is 12.1 Å². The summed E-state index contributed by atoms with van der Waals surface area (Å²) in [6.45, 7) is 2.78. The molecule has 0 fully saturated rings. The highest BCUT2D eigenvalue weighted by Gasteiger charge is 2.15. The Kier molecular flexibility index (Phi) is 6.62. The average molecular weight is 438 g/mol. The van der Waals surface area contributed by atoms with Gasteiger partial charge >= 0.3 is 0 Å². The number of primary sulfonamides is 1. The smallest absolute Gasteiger partial charge is 0.229 e. The topological polar surface area (TPSA) is 110 Å². The van der Waals surface area contributed by atoms with E-state index in [0.29, 0.717) is 5.69 Å². The lowest BCUT2D eigenvalue weighted by atomic mass is 10.0. The van der Waals surface area contributed by atoms with Crippen molar-refractivity contribution in [3.05, 3.63) is 64.7 Å². The number of hydrogen-bond acceptors (Lipinski definition) is 5. The second-order valence-electron chi connectivity index (χ2n) is 7.57. The van der Waals surface area contributed by atoms with E-state index in [1.807, 2.05) is 30.3 Å². The summed E-state index contributed by atoms with van der Waals surface area (Å²) in [5.41, 5.74) is 4.92. The van der Waals surface area contributed by atoms with Crippen LogP contribution in [0.4, 0.5) is 5.69 Å². The molecule has 1 aliphatic rings. The summed E-state index contributed by atoms with van der Waals surface area (Å²) < 4.78 is 47.7. The van der Waals surface area contributed by atoms with E-state index in [4.69, 9.17) is 5.14 Å². The molecule has 1 heterocycles. The van der Waals surface area contributed by atoms with Gasteiger partial charge in [0.25, 0.3) is 0 Å². The van der Waals surface area contributed by atoms with E-state index in [9.17, 15) is 16.8 Å². The van der Waals surface area contributed by atoms with Crippen LogP contribution in [0.3, 0.4) is 0 Å². The number of nitrogens with one attached hydrogen (secondary N) is 1. The molecule has 2 aromatic carbocycles. The lowest BCUT2D eigenvalue weighted by Gasteiger charge is -2.19. The number of nitrogens with zero attached hydrogens (tertiary/aromatic N) is 1. The molecule has 158 valence electrons. The fourth-order valence-corrected chi connectivity index (χ4v) is 4.82. The van der Waals surface area contributed by atoms with Gasteiger partial charge in [-0.15, -0.1) is 0 Å². The zero-order chi connectivity index (χ0) is 21.1. The number of rotatable bonds is 7. The van der Waals surface area contributed by atoms with Crippen LogP contribution in [0, 0.1) is 0 Å². The van der Waals surface area contributed by atoms with Crippen molar-refractivity contribution in [2.45, 2.75) is 25.0 Å². The Hall–Kier alpha value is -1.94. The molecule has 0 aromatic heterocycles. The Labute approximate surface area is 173 Å². The Bertz CT molecular complexity index is 1070. The van der Waals surface area contributed by atoms with Gasteiger partial charge in [0, 0.05) is 25.3 Å². The maximum Gasteiger partial charge on any atom is 0.229 e. The van der Waals surface area contributed by atoms with E-state index < -0.39 is 20.0 Å². The Morgan fingerprint density at radius 1 is 0.931 bits per heavy atom. The van der Waals surface area contributed by atoms with Gasteiger partial charge in [0.1, 0.15) is 0 Å². The summed E-state index contributed by atoms with van der Waals surface area (Å²) in [5.74, 6) is -0.131. The minimum absolute atomic E-state index is 0.131. The first kappa shape index (κ1) is 21.8. The normalized spacial score (nSPS) is 15.5. The monoisotopic (exact) mass is 437 g/mol. The van der Waals surface area contributed by atoms with Gasteiger partial charge in [-0.3, -0.25) is 4.72 Å². The van der Waals surface area contributed by atoms with Crippen molar-refractivity contribution in [1.82, 2.24) is 4.90 Å². The SMILES string of the molecule is CS(=O)(=O)Nc1ccc(CCN2CCc3ccc(CS(N)(=O)=O)cc3CC2)cc1. The molecule has 1 aliphatic heterocycles. The van der Waals surface area contributed by atoms with Crippen molar-refractivity contribution in [1.29, 1.82) is 0 Å². The van der Waals surface area contributed by atoms with Crippen molar-refractivity contribution in [2.75, 3.05) is 30.6 Å². The van der Waals surface area contributed by atoms with E-state index in [0.717, 1.165) is 56.3 Å². The molecule has 2 aromatic rings. The van der Waals surface area contributed by atoms with Crippen LogP contribution < -0.4 is 9.86 Å². The summed E-state index contributed by atoms with van der Waals surface area (Å²) in [6, 6.07) is 13.3. The molecule has 7 nitrogen and oxygen atoms in total. The van der Waals surface area contributed by atoms with Gasteiger partial charge in [0.15, 0.2) is 0 Å². The Morgan fingerprint density at radius 2 is 1.55 bits per heavy atom. The molecular weight excluding hydrogens is 410 g/mol. The highest BCUT2D eigenvalue weighted by atomic mass is 32.2. The van der Waals surface area contributed by atoms with Crippen molar-refractivity contribution in [2.24, 2.45) is 5.14 Å². The quantitative estimate of drug-likeness (QED) is 0.682. The summed E-state index contributed by atoms with van der Waals surface area (Å²) in [4.78, 5) is 2.40. The third-order valence-corrected chi connectivity index (χ3v) is 6.35. The van der Waals surface area contributed by atoms with Gasteiger partial charge in [0.05, 0.1) is 12.0 Å². The number of sulfonamides is 2. The molecule has 9 heteroatoms. The predicted octanol–water partition coefficient (Wildman–Crippen LogP) is 1.49. The summed E-state index contributed by atoms with van der Waals surface area (Å²) >= 11 is 0. The average Bonchev–Trinajstić information content (AvgIpc) is 2.80. The van der Waals surface area contributed by atoms with Crippen molar-refractivity contribution in [3.8, 4) is 0 Å². The maximum absolute atomic E-state index is 11.3. The molecule has 0 saturated carbocycles. The minimum Gasteiger partial charge on any atom is -0.302 e. The maximum atomic E-state index is 11.3. The number of benzene rings is 2. The molecule has 0 unspecified atom stereocenters. The molecule has 0 aliphatic carbocycles. The molecule has 3 rings (SSSR count). The molecule has 0 bridgehead atoms. The molecule has 29 heavy (non-hydrogen) atoms. The molecule has 0 amide bonds. The number of nitrogens with two attached hydrogens (primary N) is 1. The van der Waals surface area contributed by atoms with Gasteiger partial charge in [-0.2, -0.15) is 0 Å². The first-order valence-electron chi connectivity index (χ1n) is 9.48. The predicted molar refractivity (Wildman–Crippen MR) is 116 cm³/mol. The molecule has 0 radical (unpaired) electrons. The van der Waals surface area contributed by atoms with Gasteiger partial charge in [-0.1, -0.05) is 30.3 Å². The zero-order valence-corrected chi connectivity index (χ0v) is 18.1. The lowest BCUT2D eigenvalue weighted by Crippen LogP contribution is -2.28. The van der Waals surface area contributed by atoms with E-state index >= 15 is 0 Å². The lowest BCUT2D eigenvalue weighted by molar-refractivity contribution is 0.291. The number of anilines is 1. The van der Waals surface area contributed by atoms with Crippen LogP contribution >= 0.6 is 0 Å². The van der Waals surface area contributed by atoms with Crippen LogP contribution in [0.1, 0.15) is 22.3 Å². The first-order chi connectivity index (χ1) is 13.6. The third-order valence-electron chi connectivity index (χ3n) is 5.01. The summed E-state index contributed by atoms with van der Waals surface area (Å²) in [5, 5.41) is 5.16. The second-order valence-corrected chi connectivity index (χ2v) is 10.9. The van der Waals surface area contributed by atoms with Crippen LogP contribution in [0.2, 0.25) is 0 Å². The molecule has 0 atom stereocenters. The van der Waals surface area contributed by atoms with Crippen molar-refractivity contribution < 1.29 is 16.8 Å². The summed E-state index contributed by atoms with van der Waals surface area (Å²) in [7, 11) is -6.79. The Balaban J connectivity index is 1.56. The van der Waals surface area contributed by atoms with E-state index in [-0.39, 0.29) is 5.75 Å². The van der Waals surface area contributed by atoms with E-state index in [2.05, 4.69) is 9.62 Å². The fraction of sp³-hybridized carbons (Fsp3) is 0.400. The van der Waals surface area contributed by atoms with Gasteiger partial charge < -0.3 is 4.90 Å². The standard InChI is InChI=1S/C20H27N3O4S2/c1-28(24,25)22-20-6-3-16(4-7-20)8-11-23-12-9-18-5-2-17(15-29(21,26)27)14-19(18)10-13-23/h2-7,14,22H,8-13,15H2,1H3,(H2,21,26,27). The second kappa shape index (κ2) is 8.83. The zero-order valence-electron chi connectivity index (χ0n) is 16.5. The van der Waals surface area contributed by atoms with Crippen LogP contribution in [0.25, 0.3) is 0 Å². The van der Waals surface area contributed by atoms with Crippen LogP contribution in [-0.2, 0) is 45.1 Å². The summed E-state index contributed by atoms with van der Waals surface area (Å²) in [6.07, 6.45) is 3.83. The highest BCUT2D eigenvalue weighted by Crippen LogP contribution is 2.19. The number of fused-ring (bicyclic) bond motifs is 1. The molecule has 3 N–H and O–H groups in total. The first-order valence-corrected chi connectivity index (χ1v) is 13.1. The Morgan fingerprint density at radius 3 is 2.17 bits per heavy atom.